The number of aryl methyl sites for hydroxylation is 1. The van der Waals surface area contributed by atoms with E-state index in [1.807, 2.05) is 19.1 Å². The molecule has 1 aliphatic heterocycles. The van der Waals surface area contributed by atoms with Crippen LogP contribution in [0.1, 0.15) is 12.0 Å². The highest BCUT2D eigenvalue weighted by molar-refractivity contribution is 9.10. The number of aromatic nitrogens is 1. The number of piperidine rings is 1. The Morgan fingerprint density at radius 2 is 2.04 bits per heavy atom. The van der Waals surface area contributed by atoms with Crippen LogP contribution in [0.25, 0.3) is 0 Å². The molecule has 1 saturated carbocycles. The Balaban J connectivity index is 0.000000256. The standard InChI is InChI=1S/C12H14BrN3O.C2HF3O2/c1-6-2-3-9(13)15-11(6)16-12(17)10-8-4-7(8)5-14-10;3-2(4,5)1(6)7/h2-3,7-8,10,14H,4-5H2,1H3,(H,15,16,17);(H,6,7)/t7-,8-,10+;/m1./s1. The molecular weight excluding hydrogens is 395 g/mol. The van der Waals surface area contributed by atoms with E-state index >= 15 is 0 Å². The fourth-order valence-corrected chi connectivity index (χ4v) is 2.77. The van der Waals surface area contributed by atoms with Gasteiger partial charge in [-0.25, -0.2) is 9.78 Å². The summed E-state index contributed by atoms with van der Waals surface area (Å²) in [5, 5.41) is 13.3. The van der Waals surface area contributed by atoms with E-state index in [9.17, 15) is 18.0 Å². The summed E-state index contributed by atoms with van der Waals surface area (Å²) < 4.78 is 32.5. The van der Waals surface area contributed by atoms with Crippen LogP contribution in [-0.2, 0) is 9.59 Å². The molecule has 132 valence electrons. The van der Waals surface area contributed by atoms with Gasteiger partial charge in [-0.2, -0.15) is 13.2 Å². The molecule has 1 amide bonds. The number of hydrogen-bond donors (Lipinski definition) is 3. The Bertz CT molecular complexity index is 654. The second-order valence-electron chi connectivity index (χ2n) is 5.64. The zero-order valence-electron chi connectivity index (χ0n) is 12.5. The van der Waals surface area contributed by atoms with Gasteiger partial charge in [0.15, 0.2) is 0 Å². The van der Waals surface area contributed by atoms with E-state index in [2.05, 4.69) is 31.5 Å². The van der Waals surface area contributed by atoms with Crippen molar-refractivity contribution in [3.05, 3.63) is 22.3 Å². The van der Waals surface area contributed by atoms with E-state index in [1.165, 1.54) is 6.42 Å². The third kappa shape index (κ3) is 4.67. The lowest BCUT2D eigenvalue weighted by atomic mass is 10.2. The molecule has 3 rings (SSSR count). The van der Waals surface area contributed by atoms with E-state index in [4.69, 9.17) is 9.90 Å². The highest BCUT2D eigenvalue weighted by Crippen LogP contribution is 2.45. The first-order valence-electron chi connectivity index (χ1n) is 7.07. The monoisotopic (exact) mass is 409 g/mol. The van der Waals surface area contributed by atoms with Crippen LogP contribution in [0.15, 0.2) is 16.7 Å². The molecular formula is C14H15BrF3N3O3. The maximum Gasteiger partial charge on any atom is 0.490 e. The van der Waals surface area contributed by atoms with Crippen LogP contribution in [0, 0.1) is 18.8 Å². The van der Waals surface area contributed by atoms with Crippen molar-refractivity contribution in [1.29, 1.82) is 0 Å². The van der Waals surface area contributed by atoms with Crippen LogP contribution in [-0.4, -0.2) is 40.7 Å². The number of hydrogen-bond acceptors (Lipinski definition) is 4. The molecule has 1 aromatic heterocycles. The summed E-state index contributed by atoms with van der Waals surface area (Å²) in [7, 11) is 0. The molecule has 0 radical (unpaired) electrons. The second-order valence-corrected chi connectivity index (χ2v) is 6.45. The van der Waals surface area contributed by atoms with Gasteiger partial charge in [-0.05, 0) is 59.3 Å². The summed E-state index contributed by atoms with van der Waals surface area (Å²) in [6.07, 6.45) is -3.89. The van der Waals surface area contributed by atoms with Crippen LogP contribution in [0.5, 0.6) is 0 Å². The van der Waals surface area contributed by atoms with Gasteiger partial charge in [0.05, 0.1) is 6.04 Å². The number of amides is 1. The first-order valence-corrected chi connectivity index (χ1v) is 7.86. The van der Waals surface area contributed by atoms with Crippen molar-refractivity contribution in [2.24, 2.45) is 11.8 Å². The lowest BCUT2D eigenvalue weighted by Crippen LogP contribution is -2.39. The van der Waals surface area contributed by atoms with Crippen LogP contribution in [0.2, 0.25) is 0 Å². The predicted octanol–water partition coefficient (Wildman–Crippen LogP) is 2.33. The second kappa shape index (κ2) is 7.06. The number of fused-ring (bicyclic) bond motifs is 1. The zero-order valence-corrected chi connectivity index (χ0v) is 14.1. The number of halogens is 4. The molecule has 2 fully saturated rings. The van der Waals surface area contributed by atoms with Crippen molar-refractivity contribution >= 4 is 33.6 Å². The van der Waals surface area contributed by atoms with Crippen LogP contribution in [0.3, 0.4) is 0 Å². The van der Waals surface area contributed by atoms with Gasteiger partial charge in [0.25, 0.3) is 0 Å². The molecule has 2 heterocycles. The van der Waals surface area contributed by atoms with Gasteiger partial charge < -0.3 is 15.7 Å². The number of alkyl halides is 3. The molecule has 10 heteroatoms. The third-order valence-corrected chi connectivity index (χ3v) is 4.28. The van der Waals surface area contributed by atoms with Gasteiger partial charge in [-0.3, -0.25) is 4.79 Å². The molecule has 1 aliphatic carbocycles. The summed E-state index contributed by atoms with van der Waals surface area (Å²) >= 11 is 3.31. The lowest BCUT2D eigenvalue weighted by Gasteiger charge is -2.14. The van der Waals surface area contributed by atoms with Gasteiger partial charge in [-0.15, -0.1) is 0 Å². The number of carbonyl (C=O) groups excluding carboxylic acids is 1. The summed E-state index contributed by atoms with van der Waals surface area (Å²) in [4.78, 5) is 25.3. The molecule has 24 heavy (non-hydrogen) atoms. The number of nitrogens with one attached hydrogen (secondary N) is 2. The normalized spacial score (nSPS) is 24.5. The van der Waals surface area contributed by atoms with Crippen molar-refractivity contribution in [3.63, 3.8) is 0 Å². The van der Waals surface area contributed by atoms with E-state index in [0.717, 1.165) is 22.6 Å². The number of carbonyl (C=O) groups is 2. The van der Waals surface area contributed by atoms with Crippen LogP contribution >= 0.6 is 15.9 Å². The van der Waals surface area contributed by atoms with Gasteiger partial charge in [0.2, 0.25) is 5.91 Å². The van der Waals surface area contributed by atoms with Gasteiger partial charge in [0.1, 0.15) is 10.4 Å². The lowest BCUT2D eigenvalue weighted by molar-refractivity contribution is -0.192. The zero-order chi connectivity index (χ0) is 18.1. The fraction of sp³-hybridized carbons (Fsp3) is 0.500. The maximum atomic E-state index is 12.1. The number of pyridine rings is 1. The summed E-state index contributed by atoms with van der Waals surface area (Å²) in [6.45, 7) is 2.92. The van der Waals surface area contributed by atoms with Crippen molar-refractivity contribution in [2.75, 3.05) is 11.9 Å². The molecule has 3 atom stereocenters. The number of rotatable bonds is 2. The topological polar surface area (TPSA) is 91.3 Å². The van der Waals surface area contributed by atoms with Crippen LogP contribution < -0.4 is 10.6 Å². The average Bonchev–Trinajstić information content (AvgIpc) is 3.13. The predicted molar refractivity (Wildman–Crippen MR) is 82.4 cm³/mol. The van der Waals surface area contributed by atoms with Crippen molar-refractivity contribution in [2.45, 2.75) is 25.6 Å². The molecule has 3 N–H and O–H groups in total. The smallest absolute Gasteiger partial charge is 0.475 e. The minimum atomic E-state index is -5.08. The number of carboxylic acid groups (broad SMARTS) is 1. The summed E-state index contributed by atoms with van der Waals surface area (Å²) in [6, 6.07) is 3.78. The SMILES string of the molecule is Cc1ccc(Br)nc1NC(=O)[C@H]1NC[C@H]2C[C@H]21.O=C(O)C(F)(F)F. The Hall–Kier alpha value is -1.68. The fourth-order valence-electron chi connectivity index (χ4n) is 2.46. The van der Waals surface area contributed by atoms with E-state index in [0.29, 0.717) is 11.7 Å². The van der Waals surface area contributed by atoms with Gasteiger partial charge in [-0.1, -0.05) is 6.07 Å². The quantitative estimate of drug-likeness (QED) is 0.652. The largest absolute Gasteiger partial charge is 0.490 e. The molecule has 0 unspecified atom stereocenters. The Labute approximate surface area is 144 Å². The van der Waals surface area contributed by atoms with Gasteiger partial charge >= 0.3 is 12.1 Å². The van der Waals surface area contributed by atoms with E-state index < -0.39 is 12.1 Å². The summed E-state index contributed by atoms with van der Waals surface area (Å²) in [5.74, 6) is -0.795. The first kappa shape index (κ1) is 18.7. The first-order chi connectivity index (χ1) is 11.1. The minimum absolute atomic E-state index is 0.0276. The Morgan fingerprint density at radius 1 is 1.42 bits per heavy atom. The van der Waals surface area contributed by atoms with Gasteiger partial charge in [0, 0.05) is 0 Å². The molecule has 0 bridgehead atoms. The molecule has 0 aromatic carbocycles. The molecule has 1 saturated heterocycles. The number of carboxylic acids is 1. The molecule has 1 aromatic rings. The Kier molecular flexibility index (Phi) is 5.49. The third-order valence-electron chi connectivity index (χ3n) is 3.83. The van der Waals surface area contributed by atoms with Crippen molar-refractivity contribution in [1.82, 2.24) is 10.3 Å². The summed E-state index contributed by atoms with van der Waals surface area (Å²) in [5.41, 5.74) is 0.979. The van der Waals surface area contributed by atoms with E-state index in [1.54, 1.807) is 0 Å². The number of nitrogens with zero attached hydrogens (tertiary/aromatic N) is 1. The maximum absolute atomic E-state index is 12.1. The van der Waals surface area contributed by atoms with Crippen molar-refractivity contribution < 1.29 is 27.9 Å². The molecule has 2 aliphatic rings. The number of aliphatic carboxylic acids is 1. The van der Waals surface area contributed by atoms with Crippen molar-refractivity contribution in [3.8, 4) is 0 Å². The molecule has 6 nitrogen and oxygen atoms in total. The highest BCUT2D eigenvalue weighted by Gasteiger charge is 2.51. The highest BCUT2D eigenvalue weighted by atomic mass is 79.9. The Morgan fingerprint density at radius 3 is 2.50 bits per heavy atom. The van der Waals surface area contributed by atoms with Crippen LogP contribution in [0.4, 0.5) is 19.0 Å². The molecule has 0 spiro atoms. The number of anilines is 1. The minimum Gasteiger partial charge on any atom is -0.475 e. The average molecular weight is 410 g/mol. The van der Waals surface area contributed by atoms with E-state index in [-0.39, 0.29) is 11.9 Å².